The maximum atomic E-state index is 12.4. The van der Waals surface area contributed by atoms with Gasteiger partial charge < -0.3 is 5.32 Å². The highest BCUT2D eigenvalue weighted by Gasteiger charge is 2.39. The van der Waals surface area contributed by atoms with Gasteiger partial charge in [0.2, 0.25) is 11.8 Å². The number of piperidine rings is 1. The molecule has 0 atom stereocenters. The van der Waals surface area contributed by atoms with Crippen LogP contribution in [0.1, 0.15) is 37.8 Å². The van der Waals surface area contributed by atoms with Crippen LogP contribution in [0.15, 0.2) is 18.2 Å². The number of hydrogen-bond donors (Lipinski definition) is 1. The number of carbonyl (C=O) groups excluding carboxylic acids is 2. The van der Waals surface area contributed by atoms with Gasteiger partial charge in [-0.25, -0.2) is 0 Å². The van der Waals surface area contributed by atoms with Crippen molar-refractivity contribution in [1.29, 1.82) is 0 Å². The Labute approximate surface area is 119 Å². The molecule has 4 nitrogen and oxygen atoms in total. The molecular weight excluding hydrogens is 252 g/mol. The minimum atomic E-state index is -0.224. The molecule has 4 heteroatoms. The number of nitrogens with one attached hydrogen (secondary N) is 1. The summed E-state index contributed by atoms with van der Waals surface area (Å²) in [5.74, 6) is -0.157. The smallest absolute Gasteiger partial charge is 0.234 e. The first kappa shape index (κ1) is 13.3. The van der Waals surface area contributed by atoms with Crippen molar-refractivity contribution >= 4 is 17.5 Å². The molecule has 2 aliphatic heterocycles. The molecule has 20 heavy (non-hydrogen) atoms. The average Bonchev–Trinajstić information content (AvgIpc) is 2.36. The SMILES string of the molecule is CC1(C)CC(=O)N(c2cccc3c2CNCC3)C(=O)C1. The molecule has 1 aromatic rings. The van der Waals surface area contributed by atoms with Crippen LogP contribution in [0.3, 0.4) is 0 Å². The van der Waals surface area contributed by atoms with Gasteiger partial charge in [0.05, 0.1) is 5.69 Å². The van der Waals surface area contributed by atoms with Crippen molar-refractivity contribution < 1.29 is 9.59 Å². The maximum Gasteiger partial charge on any atom is 0.234 e. The van der Waals surface area contributed by atoms with Gasteiger partial charge in [0.1, 0.15) is 0 Å². The van der Waals surface area contributed by atoms with Crippen molar-refractivity contribution in [2.75, 3.05) is 11.4 Å². The summed E-state index contributed by atoms with van der Waals surface area (Å²) in [6.45, 7) is 5.63. The highest BCUT2D eigenvalue weighted by Crippen LogP contribution is 2.36. The first-order valence-electron chi connectivity index (χ1n) is 7.15. The Balaban J connectivity index is 2.01. The molecule has 106 valence electrons. The van der Waals surface area contributed by atoms with E-state index in [0.29, 0.717) is 12.8 Å². The lowest BCUT2D eigenvalue weighted by Gasteiger charge is -2.36. The summed E-state index contributed by atoms with van der Waals surface area (Å²) in [6, 6.07) is 5.92. The molecule has 0 aromatic heterocycles. The number of nitrogens with zero attached hydrogens (tertiary/aromatic N) is 1. The summed E-state index contributed by atoms with van der Waals surface area (Å²) in [5, 5.41) is 3.32. The number of anilines is 1. The van der Waals surface area contributed by atoms with Gasteiger partial charge in [-0.3, -0.25) is 14.5 Å². The zero-order chi connectivity index (χ0) is 14.3. The molecule has 1 aromatic carbocycles. The van der Waals surface area contributed by atoms with Crippen LogP contribution in [0.5, 0.6) is 0 Å². The quantitative estimate of drug-likeness (QED) is 0.796. The predicted octanol–water partition coefficient (Wildman–Crippen LogP) is 2.01. The number of benzene rings is 1. The van der Waals surface area contributed by atoms with Crippen molar-refractivity contribution in [3.8, 4) is 0 Å². The summed E-state index contributed by atoms with van der Waals surface area (Å²) < 4.78 is 0. The molecule has 2 amide bonds. The Kier molecular flexibility index (Phi) is 3.13. The second-order valence-electron chi connectivity index (χ2n) is 6.48. The monoisotopic (exact) mass is 272 g/mol. The summed E-state index contributed by atoms with van der Waals surface area (Å²) in [4.78, 5) is 26.2. The molecule has 2 aliphatic rings. The van der Waals surface area contributed by atoms with Crippen LogP contribution in [0.4, 0.5) is 5.69 Å². The fourth-order valence-corrected chi connectivity index (χ4v) is 3.15. The molecule has 0 spiro atoms. The number of fused-ring (bicyclic) bond motifs is 1. The van der Waals surface area contributed by atoms with Gasteiger partial charge in [0.15, 0.2) is 0 Å². The molecular formula is C16H20N2O2. The molecule has 1 saturated heterocycles. The number of carbonyl (C=O) groups is 2. The number of imide groups is 1. The van der Waals surface area contributed by atoms with Crippen LogP contribution in [-0.4, -0.2) is 18.4 Å². The van der Waals surface area contributed by atoms with E-state index >= 15 is 0 Å². The molecule has 3 rings (SSSR count). The van der Waals surface area contributed by atoms with Crippen molar-refractivity contribution in [3.63, 3.8) is 0 Å². The van der Waals surface area contributed by atoms with Gasteiger partial charge in [-0.2, -0.15) is 0 Å². The van der Waals surface area contributed by atoms with E-state index in [0.717, 1.165) is 30.8 Å². The standard InChI is InChI=1S/C16H20N2O2/c1-16(2)8-14(19)18(15(20)9-16)13-5-3-4-11-6-7-17-10-12(11)13/h3-5,17H,6-10H2,1-2H3. The number of hydrogen-bond acceptors (Lipinski definition) is 3. The molecule has 2 heterocycles. The Morgan fingerprint density at radius 1 is 1.15 bits per heavy atom. The van der Waals surface area contributed by atoms with E-state index in [1.807, 2.05) is 26.0 Å². The largest absolute Gasteiger partial charge is 0.312 e. The molecule has 0 radical (unpaired) electrons. The van der Waals surface area contributed by atoms with Gasteiger partial charge in [-0.15, -0.1) is 0 Å². The molecule has 1 fully saturated rings. The van der Waals surface area contributed by atoms with Gasteiger partial charge in [-0.1, -0.05) is 26.0 Å². The van der Waals surface area contributed by atoms with Crippen molar-refractivity contribution in [1.82, 2.24) is 5.32 Å². The Hall–Kier alpha value is -1.68. The Morgan fingerprint density at radius 2 is 1.85 bits per heavy atom. The van der Waals surface area contributed by atoms with E-state index in [1.165, 1.54) is 10.5 Å². The van der Waals surface area contributed by atoms with Gasteiger partial charge in [-0.05, 0) is 35.6 Å². The van der Waals surface area contributed by atoms with E-state index in [1.54, 1.807) is 0 Å². The third kappa shape index (κ3) is 2.24. The predicted molar refractivity (Wildman–Crippen MR) is 77.4 cm³/mol. The summed E-state index contributed by atoms with van der Waals surface area (Å²) >= 11 is 0. The van der Waals surface area contributed by atoms with Crippen LogP contribution < -0.4 is 10.2 Å². The molecule has 0 unspecified atom stereocenters. The van der Waals surface area contributed by atoms with E-state index in [2.05, 4.69) is 11.4 Å². The number of rotatable bonds is 1. The van der Waals surface area contributed by atoms with Crippen molar-refractivity contribution in [2.24, 2.45) is 5.41 Å². The zero-order valence-electron chi connectivity index (χ0n) is 12.0. The van der Waals surface area contributed by atoms with E-state index in [4.69, 9.17) is 0 Å². The topological polar surface area (TPSA) is 49.4 Å². The molecule has 1 N–H and O–H groups in total. The molecule has 0 aliphatic carbocycles. The van der Waals surface area contributed by atoms with Crippen molar-refractivity contribution in [2.45, 2.75) is 39.7 Å². The van der Waals surface area contributed by atoms with Crippen molar-refractivity contribution in [3.05, 3.63) is 29.3 Å². The fraction of sp³-hybridized carbons (Fsp3) is 0.500. The Morgan fingerprint density at radius 3 is 2.55 bits per heavy atom. The lowest BCUT2D eigenvalue weighted by atomic mass is 9.81. The lowest BCUT2D eigenvalue weighted by molar-refractivity contribution is -0.132. The summed E-state index contributed by atoms with van der Waals surface area (Å²) in [7, 11) is 0. The lowest BCUT2D eigenvalue weighted by Crippen LogP contribution is -2.47. The minimum absolute atomic E-state index is 0.0785. The molecule has 0 bridgehead atoms. The first-order chi connectivity index (χ1) is 9.48. The highest BCUT2D eigenvalue weighted by atomic mass is 16.2. The van der Waals surface area contributed by atoms with Crippen LogP contribution in [0, 0.1) is 5.41 Å². The minimum Gasteiger partial charge on any atom is -0.312 e. The maximum absolute atomic E-state index is 12.4. The van der Waals surface area contributed by atoms with Crippen LogP contribution in [0.25, 0.3) is 0 Å². The summed E-state index contributed by atoms with van der Waals surface area (Å²) in [5.41, 5.74) is 2.89. The van der Waals surface area contributed by atoms with Gasteiger partial charge >= 0.3 is 0 Å². The van der Waals surface area contributed by atoms with E-state index in [-0.39, 0.29) is 17.2 Å². The Bertz CT molecular complexity index is 558. The second kappa shape index (κ2) is 4.70. The summed E-state index contributed by atoms with van der Waals surface area (Å²) in [6.07, 6.45) is 1.80. The third-order valence-electron chi connectivity index (χ3n) is 4.12. The number of amides is 2. The third-order valence-corrected chi connectivity index (χ3v) is 4.12. The average molecular weight is 272 g/mol. The van der Waals surface area contributed by atoms with Crippen LogP contribution in [0.2, 0.25) is 0 Å². The van der Waals surface area contributed by atoms with Gasteiger partial charge in [0.25, 0.3) is 0 Å². The highest BCUT2D eigenvalue weighted by molar-refractivity contribution is 6.17. The van der Waals surface area contributed by atoms with Gasteiger partial charge in [0, 0.05) is 19.4 Å². The second-order valence-corrected chi connectivity index (χ2v) is 6.48. The zero-order valence-corrected chi connectivity index (χ0v) is 12.0. The van der Waals surface area contributed by atoms with E-state index in [9.17, 15) is 9.59 Å². The van der Waals surface area contributed by atoms with E-state index < -0.39 is 0 Å². The fourth-order valence-electron chi connectivity index (χ4n) is 3.15. The normalized spacial score (nSPS) is 21.8. The van der Waals surface area contributed by atoms with Crippen LogP contribution in [-0.2, 0) is 22.6 Å². The van der Waals surface area contributed by atoms with Crippen LogP contribution >= 0.6 is 0 Å². The first-order valence-corrected chi connectivity index (χ1v) is 7.15. The molecule has 0 saturated carbocycles.